The van der Waals surface area contributed by atoms with Crippen molar-refractivity contribution in [2.24, 2.45) is 0 Å². The molecule has 0 aliphatic carbocycles. The number of sulfonamides is 1. The molecule has 0 radical (unpaired) electrons. The number of aryl methyl sites for hydroxylation is 2. The Balaban J connectivity index is 1.77. The molecule has 0 amide bonds. The van der Waals surface area contributed by atoms with Gasteiger partial charge in [0.15, 0.2) is 0 Å². The van der Waals surface area contributed by atoms with E-state index in [9.17, 15) is 12.8 Å². The number of nitrogens with one attached hydrogen (secondary N) is 1. The molecule has 0 spiro atoms. The zero-order valence-corrected chi connectivity index (χ0v) is 15.5. The highest BCUT2D eigenvalue weighted by Crippen LogP contribution is 2.17. The molecule has 0 unspecified atom stereocenters. The van der Waals surface area contributed by atoms with Gasteiger partial charge in [-0.2, -0.15) is 0 Å². The normalized spacial score (nSPS) is 15.3. The topological polar surface area (TPSA) is 84.4 Å². The summed E-state index contributed by atoms with van der Waals surface area (Å²) in [6, 6.07) is 5.33. The molecule has 1 aromatic heterocycles. The lowest BCUT2D eigenvalue weighted by Crippen LogP contribution is -2.37. The Labute approximate surface area is 152 Å². The van der Waals surface area contributed by atoms with E-state index in [1.54, 1.807) is 13.0 Å². The lowest BCUT2D eigenvalue weighted by atomic mass is 10.2. The van der Waals surface area contributed by atoms with Crippen LogP contribution in [0.1, 0.15) is 17.0 Å². The SMILES string of the molecule is Cc1cc(CNS(=O)(=O)c2ccc(F)cc2C)nc(N2CCOCC2)n1. The maximum Gasteiger partial charge on any atom is 0.241 e. The van der Waals surface area contributed by atoms with Crippen molar-refractivity contribution in [3.8, 4) is 0 Å². The van der Waals surface area contributed by atoms with Crippen LogP contribution in [0.4, 0.5) is 10.3 Å². The Kier molecular flexibility index (Phi) is 5.49. The maximum absolute atomic E-state index is 13.2. The van der Waals surface area contributed by atoms with Crippen LogP contribution in [0.3, 0.4) is 0 Å². The molecule has 2 heterocycles. The maximum atomic E-state index is 13.2. The minimum Gasteiger partial charge on any atom is -0.378 e. The third kappa shape index (κ3) is 4.35. The highest BCUT2D eigenvalue weighted by molar-refractivity contribution is 7.89. The van der Waals surface area contributed by atoms with Gasteiger partial charge in [0.2, 0.25) is 16.0 Å². The average Bonchev–Trinajstić information content (AvgIpc) is 2.60. The van der Waals surface area contributed by atoms with Gasteiger partial charge in [0.1, 0.15) is 5.82 Å². The Morgan fingerprint density at radius 3 is 2.62 bits per heavy atom. The van der Waals surface area contributed by atoms with Crippen molar-refractivity contribution >= 4 is 16.0 Å². The summed E-state index contributed by atoms with van der Waals surface area (Å²) < 4.78 is 46.1. The Hall–Kier alpha value is -2.10. The molecular formula is C17H21FN4O3S. The van der Waals surface area contributed by atoms with Gasteiger partial charge < -0.3 is 9.64 Å². The summed E-state index contributed by atoms with van der Waals surface area (Å²) in [5.41, 5.74) is 1.68. The van der Waals surface area contributed by atoms with Crippen molar-refractivity contribution in [3.63, 3.8) is 0 Å². The van der Waals surface area contributed by atoms with Crippen LogP contribution in [0.5, 0.6) is 0 Å². The Morgan fingerprint density at radius 2 is 1.92 bits per heavy atom. The smallest absolute Gasteiger partial charge is 0.241 e. The molecule has 7 nitrogen and oxygen atoms in total. The van der Waals surface area contributed by atoms with Crippen LogP contribution in [-0.2, 0) is 21.3 Å². The molecular weight excluding hydrogens is 359 g/mol. The molecule has 0 bridgehead atoms. The number of nitrogens with zero attached hydrogens (tertiary/aromatic N) is 3. The highest BCUT2D eigenvalue weighted by Gasteiger charge is 2.19. The van der Waals surface area contributed by atoms with Crippen LogP contribution < -0.4 is 9.62 Å². The van der Waals surface area contributed by atoms with E-state index in [1.807, 2.05) is 11.8 Å². The fraction of sp³-hybridized carbons (Fsp3) is 0.412. The highest BCUT2D eigenvalue weighted by atomic mass is 32.2. The predicted molar refractivity (Wildman–Crippen MR) is 95.0 cm³/mol. The van der Waals surface area contributed by atoms with Crippen LogP contribution in [-0.4, -0.2) is 44.7 Å². The number of hydrogen-bond donors (Lipinski definition) is 1. The zero-order valence-electron chi connectivity index (χ0n) is 14.7. The number of ether oxygens (including phenoxy) is 1. The molecule has 140 valence electrons. The minimum absolute atomic E-state index is 0.0276. The molecule has 0 atom stereocenters. The van der Waals surface area contributed by atoms with E-state index in [0.29, 0.717) is 43.5 Å². The molecule has 1 saturated heterocycles. The Morgan fingerprint density at radius 1 is 1.19 bits per heavy atom. The average molecular weight is 380 g/mol. The second kappa shape index (κ2) is 7.65. The van der Waals surface area contributed by atoms with Crippen molar-refractivity contribution in [2.75, 3.05) is 31.2 Å². The zero-order chi connectivity index (χ0) is 18.7. The van der Waals surface area contributed by atoms with Gasteiger partial charge in [0, 0.05) is 18.8 Å². The minimum atomic E-state index is -3.77. The lowest BCUT2D eigenvalue weighted by Gasteiger charge is -2.27. The summed E-state index contributed by atoms with van der Waals surface area (Å²) >= 11 is 0. The second-order valence-corrected chi connectivity index (χ2v) is 7.87. The fourth-order valence-electron chi connectivity index (χ4n) is 2.77. The van der Waals surface area contributed by atoms with E-state index in [0.717, 1.165) is 11.8 Å². The first-order chi connectivity index (χ1) is 12.3. The van der Waals surface area contributed by atoms with Gasteiger partial charge in [-0.25, -0.2) is 27.5 Å². The van der Waals surface area contributed by atoms with Gasteiger partial charge >= 0.3 is 0 Å². The van der Waals surface area contributed by atoms with E-state index < -0.39 is 15.8 Å². The third-order valence-corrected chi connectivity index (χ3v) is 5.62. The Bertz CT molecular complexity index is 899. The predicted octanol–water partition coefficient (Wildman–Crippen LogP) is 1.55. The summed E-state index contributed by atoms with van der Waals surface area (Å²) in [7, 11) is -3.77. The van der Waals surface area contributed by atoms with Gasteiger partial charge in [-0.05, 0) is 43.7 Å². The van der Waals surface area contributed by atoms with Gasteiger partial charge in [0.05, 0.1) is 30.3 Å². The summed E-state index contributed by atoms with van der Waals surface area (Å²) in [5.74, 6) is 0.100. The van der Waals surface area contributed by atoms with Crippen molar-refractivity contribution in [1.82, 2.24) is 14.7 Å². The van der Waals surface area contributed by atoms with Crippen LogP contribution in [0, 0.1) is 19.7 Å². The number of hydrogen-bond acceptors (Lipinski definition) is 6. The van der Waals surface area contributed by atoms with E-state index in [2.05, 4.69) is 14.7 Å². The van der Waals surface area contributed by atoms with Crippen molar-refractivity contribution in [1.29, 1.82) is 0 Å². The van der Waals surface area contributed by atoms with E-state index in [4.69, 9.17) is 4.74 Å². The number of morpholine rings is 1. The fourth-order valence-corrected chi connectivity index (χ4v) is 4.00. The molecule has 9 heteroatoms. The first-order valence-corrected chi connectivity index (χ1v) is 9.76. The van der Waals surface area contributed by atoms with Crippen molar-refractivity contribution in [2.45, 2.75) is 25.3 Å². The van der Waals surface area contributed by atoms with Crippen molar-refractivity contribution in [3.05, 3.63) is 47.0 Å². The number of rotatable bonds is 5. The summed E-state index contributed by atoms with van der Waals surface area (Å²) in [4.78, 5) is 11.0. The molecule has 1 fully saturated rings. The second-order valence-electron chi connectivity index (χ2n) is 6.13. The molecule has 1 aliphatic heterocycles. The van der Waals surface area contributed by atoms with Gasteiger partial charge in [0.25, 0.3) is 0 Å². The first-order valence-electron chi connectivity index (χ1n) is 8.28. The summed E-state index contributed by atoms with van der Waals surface area (Å²) in [5, 5.41) is 0. The third-order valence-electron chi connectivity index (χ3n) is 4.06. The summed E-state index contributed by atoms with van der Waals surface area (Å²) in [6.07, 6.45) is 0. The quantitative estimate of drug-likeness (QED) is 0.847. The first kappa shape index (κ1) is 18.7. The van der Waals surface area contributed by atoms with Crippen LogP contribution in [0.2, 0.25) is 0 Å². The molecule has 0 saturated carbocycles. The van der Waals surface area contributed by atoms with Crippen LogP contribution in [0.25, 0.3) is 0 Å². The monoisotopic (exact) mass is 380 g/mol. The van der Waals surface area contributed by atoms with Crippen LogP contribution >= 0.6 is 0 Å². The van der Waals surface area contributed by atoms with E-state index in [-0.39, 0.29) is 11.4 Å². The van der Waals surface area contributed by atoms with Crippen molar-refractivity contribution < 1.29 is 17.5 Å². The number of anilines is 1. The molecule has 1 N–H and O–H groups in total. The molecule has 3 rings (SSSR count). The summed E-state index contributed by atoms with van der Waals surface area (Å²) in [6.45, 7) is 6.05. The lowest BCUT2D eigenvalue weighted by molar-refractivity contribution is 0.122. The van der Waals surface area contributed by atoms with E-state index in [1.165, 1.54) is 12.1 Å². The molecule has 26 heavy (non-hydrogen) atoms. The molecule has 1 aromatic carbocycles. The number of halogens is 1. The van der Waals surface area contributed by atoms with Gasteiger partial charge in [-0.1, -0.05) is 0 Å². The largest absolute Gasteiger partial charge is 0.378 e. The van der Waals surface area contributed by atoms with E-state index >= 15 is 0 Å². The van der Waals surface area contributed by atoms with Gasteiger partial charge in [-0.3, -0.25) is 0 Å². The number of benzene rings is 1. The molecule has 1 aliphatic rings. The van der Waals surface area contributed by atoms with Gasteiger partial charge in [-0.15, -0.1) is 0 Å². The molecule has 2 aromatic rings. The standard InChI is InChI=1S/C17H21FN4O3S/c1-12-9-14(18)3-4-16(12)26(23,24)19-11-15-10-13(2)20-17(21-15)22-5-7-25-8-6-22/h3-4,9-10,19H,5-8,11H2,1-2H3. The van der Waals surface area contributed by atoms with Crippen LogP contribution in [0.15, 0.2) is 29.2 Å². The number of aromatic nitrogens is 2.